The van der Waals surface area contributed by atoms with Gasteiger partial charge >= 0.3 is 0 Å². The van der Waals surface area contributed by atoms with Gasteiger partial charge < -0.3 is 9.47 Å². The van der Waals surface area contributed by atoms with Crippen LogP contribution in [-0.2, 0) is 18.1 Å². The van der Waals surface area contributed by atoms with Crippen molar-refractivity contribution in [2.24, 2.45) is 0 Å². The molecule has 148 valence electrons. The first-order chi connectivity index (χ1) is 13.4. The summed E-state index contributed by atoms with van der Waals surface area (Å²) in [5.74, 6) is -0.498. The van der Waals surface area contributed by atoms with Crippen molar-refractivity contribution in [3.8, 4) is 17.0 Å². The number of pyridine rings is 1. The van der Waals surface area contributed by atoms with E-state index in [9.17, 15) is 4.39 Å². The van der Waals surface area contributed by atoms with Crippen molar-refractivity contribution < 1.29 is 13.9 Å². The van der Waals surface area contributed by atoms with E-state index >= 15 is 0 Å². The van der Waals surface area contributed by atoms with Gasteiger partial charge in [0.15, 0.2) is 5.75 Å². The molecule has 0 aliphatic rings. The molecule has 0 saturated heterocycles. The Bertz CT molecular complexity index is 894. The van der Waals surface area contributed by atoms with Crippen LogP contribution in [-0.4, -0.2) is 29.4 Å². The number of halogens is 1. The maximum atomic E-state index is 14.3. The number of nitrogens with zero attached hydrogens (tertiary/aromatic N) is 3. The Morgan fingerprint density at radius 1 is 1.07 bits per heavy atom. The predicted octanol–water partition coefficient (Wildman–Crippen LogP) is 4.98. The summed E-state index contributed by atoms with van der Waals surface area (Å²) in [6.45, 7) is 8.35. The molecule has 0 bridgehead atoms. The fourth-order valence-corrected chi connectivity index (χ4v) is 3.28. The van der Waals surface area contributed by atoms with Gasteiger partial charge in [-0.1, -0.05) is 50.0 Å². The number of hydrogen-bond acceptors (Lipinski definition) is 4. The van der Waals surface area contributed by atoms with E-state index in [4.69, 9.17) is 9.47 Å². The van der Waals surface area contributed by atoms with E-state index in [2.05, 4.69) is 29.7 Å². The molecule has 3 rings (SSSR count). The quantitative estimate of drug-likeness (QED) is 0.289. The fourth-order valence-electron chi connectivity index (χ4n) is 2.53. The molecule has 2 heterocycles. The summed E-state index contributed by atoms with van der Waals surface area (Å²) in [4.78, 5) is 4.02. The van der Waals surface area contributed by atoms with E-state index in [1.54, 1.807) is 29.2 Å². The average Bonchev–Trinajstić information content (AvgIpc) is 3.13. The summed E-state index contributed by atoms with van der Waals surface area (Å²) in [6, 6.07) is 14.1. The molecule has 0 unspecified atom stereocenters. The van der Waals surface area contributed by atoms with Crippen molar-refractivity contribution in [3.63, 3.8) is 0 Å². The number of benzene rings is 1. The zero-order valence-electron chi connectivity index (χ0n) is 16.6. The zero-order chi connectivity index (χ0) is 20.0. The first-order valence-corrected chi connectivity index (χ1v) is 13.1. The highest BCUT2D eigenvalue weighted by molar-refractivity contribution is 6.76. The smallest absolute Gasteiger partial charge is 0.255 e. The van der Waals surface area contributed by atoms with Gasteiger partial charge in [0.25, 0.3) is 5.95 Å². The van der Waals surface area contributed by atoms with Gasteiger partial charge in [0, 0.05) is 26.4 Å². The molecule has 0 amide bonds. The molecule has 1 aromatic carbocycles. The van der Waals surface area contributed by atoms with Crippen LogP contribution in [0, 0.1) is 5.95 Å². The number of hydrogen-bond donors (Lipinski definition) is 0. The first-order valence-electron chi connectivity index (χ1n) is 9.34. The van der Waals surface area contributed by atoms with Crippen LogP contribution in [0.15, 0.2) is 54.9 Å². The van der Waals surface area contributed by atoms with Gasteiger partial charge in [0.05, 0.1) is 11.9 Å². The van der Waals surface area contributed by atoms with E-state index in [1.807, 2.05) is 30.3 Å². The summed E-state index contributed by atoms with van der Waals surface area (Å²) in [5, 5.41) is 4.26. The number of aromatic nitrogens is 3. The molecule has 0 atom stereocenters. The Labute approximate surface area is 166 Å². The summed E-state index contributed by atoms with van der Waals surface area (Å²) < 4.78 is 27.2. The maximum Gasteiger partial charge on any atom is 0.255 e. The molecule has 3 aromatic rings. The molecule has 28 heavy (non-hydrogen) atoms. The van der Waals surface area contributed by atoms with Crippen molar-refractivity contribution in [1.82, 2.24) is 14.8 Å². The Balaban J connectivity index is 1.57. The minimum Gasteiger partial charge on any atom is -0.484 e. The second-order valence-electron chi connectivity index (χ2n) is 7.88. The van der Waals surface area contributed by atoms with Crippen LogP contribution < -0.4 is 4.74 Å². The van der Waals surface area contributed by atoms with E-state index in [1.165, 1.54) is 0 Å². The molecule has 5 nitrogen and oxygen atoms in total. The predicted molar refractivity (Wildman–Crippen MR) is 110 cm³/mol. The average molecular weight is 400 g/mol. The van der Waals surface area contributed by atoms with Crippen molar-refractivity contribution in [2.75, 3.05) is 6.61 Å². The highest BCUT2D eigenvalue weighted by Gasteiger charge is 2.13. The Morgan fingerprint density at radius 3 is 2.57 bits per heavy atom. The summed E-state index contributed by atoms with van der Waals surface area (Å²) >= 11 is 0. The molecule has 7 heteroatoms. The molecule has 2 aromatic heterocycles. The van der Waals surface area contributed by atoms with Crippen molar-refractivity contribution in [1.29, 1.82) is 0 Å². The Hall–Kier alpha value is -2.51. The van der Waals surface area contributed by atoms with Crippen LogP contribution in [0.2, 0.25) is 25.7 Å². The Morgan fingerprint density at radius 2 is 1.86 bits per heavy atom. The maximum absolute atomic E-state index is 14.3. The lowest BCUT2D eigenvalue weighted by molar-refractivity contribution is 0.0786. The fraction of sp³-hybridized carbons (Fsp3) is 0.333. The lowest BCUT2D eigenvalue weighted by Gasteiger charge is -2.15. The van der Waals surface area contributed by atoms with Crippen LogP contribution in [0.3, 0.4) is 0 Å². The molecule has 0 aliphatic carbocycles. The topological polar surface area (TPSA) is 49.2 Å². The van der Waals surface area contributed by atoms with Crippen LogP contribution in [0.25, 0.3) is 11.3 Å². The zero-order valence-corrected chi connectivity index (χ0v) is 17.6. The van der Waals surface area contributed by atoms with Crippen LogP contribution >= 0.6 is 0 Å². The Kier molecular flexibility index (Phi) is 6.59. The third kappa shape index (κ3) is 6.00. The van der Waals surface area contributed by atoms with E-state index in [-0.39, 0.29) is 5.75 Å². The van der Waals surface area contributed by atoms with E-state index in [0.717, 1.165) is 23.8 Å². The molecule has 0 aliphatic heterocycles. The monoisotopic (exact) mass is 399 g/mol. The summed E-state index contributed by atoms with van der Waals surface area (Å²) in [5.41, 5.74) is 2.22. The van der Waals surface area contributed by atoms with E-state index < -0.39 is 14.0 Å². The largest absolute Gasteiger partial charge is 0.484 e. The number of ether oxygens (including phenoxy) is 2. The normalized spacial score (nSPS) is 11.6. The van der Waals surface area contributed by atoms with Gasteiger partial charge in [0.1, 0.15) is 13.3 Å². The standard InChI is InChI=1S/C21H26FN3O2Si/c1-28(2,3)12-11-26-16-25-14-18(13-23-25)19-9-10-20(21(22)24-19)27-15-17-7-5-4-6-8-17/h4-10,13-14H,11-12,15-16H2,1-3H3. The second-order valence-corrected chi connectivity index (χ2v) is 13.5. The molecule has 0 N–H and O–H groups in total. The van der Waals surface area contributed by atoms with Gasteiger partial charge in [0.2, 0.25) is 0 Å². The van der Waals surface area contributed by atoms with Gasteiger partial charge in [-0.2, -0.15) is 9.49 Å². The first kappa shape index (κ1) is 20.2. The lowest BCUT2D eigenvalue weighted by atomic mass is 10.2. The van der Waals surface area contributed by atoms with Gasteiger partial charge in [-0.15, -0.1) is 0 Å². The highest BCUT2D eigenvalue weighted by Crippen LogP contribution is 2.23. The van der Waals surface area contributed by atoms with Crippen LogP contribution in [0.4, 0.5) is 4.39 Å². The van der Waals surface area contributed by atoms with Crippen molar-refractivity contribution in [3.05, 3.63) is 66.4 Å². The van der Waals surface area contributed by atoms with Crippen molar-refractivity contribution in [2.45, 2.75) is 39.0 Å². The van der Waals surface area contributed by atoms with Crippen LogP contribution in [0.1, 0.15) is 5.56 Å². The highest BCUT2D eigenvalue weighted by atomic mass is 28.3. The molecular weight excluding hydrogens is 373 g/mol. The molecule has 0 spiro atoms. The second kappa shape index (κ2) is 9.12. The molecule has 0 fully saturated rings. The molecule has 0 radical (unpaired) electrons. The van der Waals surface area contributed by atoms with E-state index in [0.29, 0.717) is 19.0 Å². The molecular formula is C21H26FN3O2Si. The van der Waals surface area contributed by atoms with Crippen LogP contribution in [0.5, 0.6) is 5.75 Å². The minimum absolute atomic E-state index is 0.134. The number of rotatable bonds is 9. The lowest BCUT2D eigenvalue weighted by Crippen LogP contribution is -2.22. The molecule has 0 saturated carbocycles. The minimum atomic E-state index is -1.10. The summed E-state index contributed by atoms with van der Waals surface area (Å²) in [7, 11) is -1.10. The van der Waals surface area contributed by atoms with Crippen molar-refractivity contribution >= 4 is 8.07 Å². The van der Waals surface area contributed by atoms with Gasteiger partial charge in [-0.25, -0.2) is 9.67 Å². The third-order valence-electron chi connectivity index (χ3n) is 4.20. The third-order valence-corrected chi connectivity index (χ3v) is 5.90. The summed E-state index contributed by atoms with van der Waals surface area (Å²) in [6.07, 6.45) is 3.47. The van der Waals surface area contributed by atoms with Gasteiger partial charge in [-0.05, 0) is 23.7 Å². The SMILES string of the molecule is C[Si](C)(C)CCOCn1cc(-c2ccc(OCc3ccccc3)c(F)n2)cn1. The van der Waals surface area contributed by atoms with Gasteiger partial charge in [-0.3, -0.25) is 0 Å².